The summed E-state index contributed by atoms with van der Waals surface area (Å²) < 4.78 is 12.9. The number of piperidine rings is 1. The van der Waals surface area contributed by atoms with Crippen LogP contribution < -0.4 is 4.74 Å². The van der Waals surface area contributed by atoms with Crippen molar-refractivity contribution in [1.82, 2.24) is 4.90 Å². The highest BCUT2D eigenvalue weighted by Gasteiger charge is 2.75. The molecule has 7 rings (SSSR count). The molecule has 5 aliphatic rings. The van der Waals surface area contributed by atoms with E-state index in [0.717, 1.165) is 36.2 Å². The lowest BCUT2D eigenvalue weighted by atomic mass is 9.48. The number of carbonyl (C=O) groups is 2. The number of ether oxygens (including phenoxy) is 2. The molecule has 35 heavy (non-hydrogen) atoms. The molecule has 1 unspecified atom stereocenters. The molecule has 0 aromatic heterocycles. The number of hydrogen-bond acceptors (Lipinski definition) is 6. The normalized spacial score (nSPS) is 32.7. The van der Waals surface area contributed by atoms with E-state index < -0.39 is 17.1 Å². The molecule has 1 saturated heterocycles. The predicted octanol–water partition coefficient (Wildman–Crippen LogP) is 3.97. The molecule has 2 aromatic rings. The number of phenols is 1. The van der Waals surface area contributed by atoms with Crippen LogP contribution in [-0.2, 0) is 32.6 Å². The van der Waals surface area contributed by atoms with Gasteiger partial charge in [-0.1, -0.05) is 29.8 Å². The second kappa shape index (κ2) is 7.47. The van der Waals surface area contributed by atoms with Gasteiger partial charge in [-0.15, -0.1) is 0 Å². The van der Waals surface area contributed by atoms with Gasteiger partial charge in [0.05, 0.1) is 17.9 Å². The molecule has 3 aliphatic carbocycles. The van der Waals surface area contributed by atoms with Gasteiger partial charge in [-0.3, -0.25) is 14.5 Å². The zero-order valence-electron chi connectivity index (χ0n) is 19.5. The smallest absolute Gasteiger partial charge is 0.310 e. The summed E-state index contributed by atoms with van der Waals surface area (Å²) in [6.07, 6.45) is 4.08. The first-order valence-electron chi connectivity index (χ1n) is 12.7. The number of likely N-dealkylation sites (tertiary alicyclic amines) is 1. The molecule has 7 heteroatoms. The fourth-order valence-corrected chi connectivity index (χ4v) is 7.58. The minimum atomic E-state index is -0.867. The van der Waals surface area contributed by atoms with Crippen LogP contribution in [0.15, 0.2) is 36.4 Å². The Kier molecular flexibility index (Phi) is 4.63. The van der Waals surface area contributed by atoms with Gasteiger partial charge in [-0.05, 0) is 73.9 Å². The van der Waals surface area contributed by atoms with Crippen molar-refractivity contribution in [3.8, 4) is 11.5 Å². The maximum atomic E-state index is 13.5. The quantitative estimate of drug-likeness (QED) is 0.635. The number of ketones is 1. The Bertz CT molecular complexity index is 1240. The van der Waals surface area contributed by atoms with Crippen LogP contribution in [0.3, 0.4) is 0 Å². The average Bonchev–Trinajstić information content (AvgIpc) is 3.58. The third kappa shape index (κ3) is 2.99. The summed E-state index contributed by atoms with van der Waals surface area (Å²) in [4.78, 5) is 29.3. The van der Waals surface area contributed by atoms with Crippen LogP contribution in [0.5, 0.6) is 11.5 Å². The molecule has 0 radical (unpaired) electrons. The number of phenolic OH excluding ortho intramolecular Hbond substituents is 1. The minimum Gasteiger partial charge on any atom is -0.504 e. The number of nitrogens with zero attached hydrogens (tertiary/aromatic N) is 1. The van der Waals surface area contributed by atoms with Gasteiger partial charge in [-0.2, -0.15) is 0 Å². The summed E-state index contributed by atoms with van der Waals surface area (Å²) >= 11 is 6.03. The summed E-state index contributed by atoms with van der Waals surface area (Å²) in [5.41, 5.74) is 1.22. The largest absolute Gasteiger partial charge is 0.504 e. The molecule has 0 amide bonds. The fourth-order valence-electron chi connectivity index (χ4n) is 7.45. The number of benzene rings is 2. The molecule has 1 spiro atoms. The maximum Gasteiger partial charge on any atom is 0.310 e. The first-order valence-corrected chi connectivity index (χ1v) is 13.0. The van der Waals surface area contributed by atoms with E-state index in [4.69, 9.17) is 21.1 Å². The Hall–Kier alpha value is -2.57. The van der Waals surface area contributed by atoms with E-state index >= 15 is 0 Å². The van der Waals surface area contributed by atoms with Gasteiger partial charge >= 0.3 is 5.97 Å². The Morgan fingerprint density at radius 3 is 2.74 bits per heavy atom. The lowest BCUT2D eigenvalue weighted by Gasteiger charge is -2.63. The summed E-state index contributed by atoms with van der Waals surface area (Å²) in [6, 6.07) is 10.9. The van der Waals surface area contributed by atoms with E-state index in [2.05, 4.69) is 4.90 Å². The topological polar surface area (TPSA) is 76.1 Å². The molecule has 2 aromatic carbocycles. The number of esters is 1. The molecule has 2 aliphatic heterocycles. The van der Waals surface area contributed by atoms with Gasteiger partial charge in [0.1, 0.15) is 5.60 Å². The van der Waals surface area contributed by atoms with Crippen molar-refractivity contribution >= 4 is 23.4 Å². The summed E-state index contributed by atoms with van der Waals surface area (Å²) in [5, 5.41) is 11.3. The van der Waals surface area contributed by atoms with Crippen molar-refractivity contribution in [1.29, 1.82) is 0 Å². The lowest BCUT2D eigenvalue weighted by molar-refractivity contribution is -0.215. The maximum absolute atomic E-state index is 13.5. The van der Waals surface area contributed by atoms with Crippen LogP contribution in [0.4, 0.5) is 0 Å². The van der Waals surface area contributed by atoms with Crippen molar-refractivity contribution in [3.05, 3.63) is 58.1 Å². The van der Waals surface area contributed by atoms with Crippen LogP contribution in [-0.4, -0.2) is 52.6 Å². The molecule has 182 valence electrons. The van der Waals surface area contributed by atoms with Gasteiger partial charge in [0.25, 0.3) is 0 Å². The first-order chi connectivity index (χ1) is 16.9. The van der Waals surface area contributed by atoms with Crippen molar-refractivity contribution < 1.29 is 24.2 Å². The number of aromatic hydroxyl groups is 1. The van der Waals surface area contributed by atoms with E-state index in [1.807, 2.05) is 18.2 Å². The van der Waals surface area contributed by atoms with Gasteiger partial charge in [0, 0.05) is 23.6 Å². The second-order valence-corrected chi connectivity index (χ2v) is 11.4. The van der Waals surface area contributed by atoms with Crippen LogP contribution in [0.25, 0.3) is 0 Å². The fraction of sp³-hybridized carbons (Fsp3) is 0.500. The van der Waals surface area contributed by atoms with E-state index in [1.165, 1.54) is 12.8 Å². The third-order valence-electron chi connectivity index (χ3n) is 9.08. The predicted molar refractivity (Wildman–Crippen MR) is 129 cm³/mol. The Morgan fingerprint density at radius 1 is 1.17 bits per heavy atom. The number of hydrogen-bond donors (Lipinski definition) is 1. The van der Waals surface area contributed by atoms with Gasteiger partial charge < -0.3 is 14.6 Å². The number of halogens is 1. The first kappa shape index (κ1) is 21.7. The van der Waals surface area contributed by atoms with Crippen molar-refractivity contribution in [2.24, 2.45) is 5.92 Å². The number of Topliss-reactive ketones (excluding diaryl/α,β-unsaturated/α-hetero) is 1. The average molecular weight is 494 g/mol. The summed E-state index contributed by atoms with van der Waals surface area (Å²) in [5.74, 6) is 0.904. The highest BCUT2D eigenvalue weighted by molar-refractivity contribution is 6.30. The van der Waals surface area contributed by atoms with Crippen molar-refractivity contribution in [3.63, 3.8) is 0 Å². The van der Waals surface area contributed by atoms with Crippen molar-refractivity contribution in [2.75, 3.05) is 13.1 Å². The summed E-state index contributed by atoms with van der Waals surface area (Å²) in [6.45, 7) is 1.83. The highest BCUT2D eigenvalue weighted by Crippen LogP contribution is 2.66. The van der Waals surface area contributed by atoms with E-state index in [1.54, 1.807) is 18.2 Å². The van der Waals surface area contributed by atoms with Crippen LogP contribution in [0.2, 0.25) is 5.02 Å². The van der Waals surface area contributed by atoms with Gasteiger partial charge in [0.15, 0.2) is 23.4 Å². The SMILES string of the molecule is O=C(Cc1ccc(Cl)cc1)O[C@@]12CCC(=O)[C@@H]3Oc4c(O)ccc5c4[C@@]31CCN(CC1CC1)C2C5. The standard InChI is InChI=1S/C28H28ClNO5/c29-19-6-3-16(4-7-19)13-23(33)35-28-10-9-21(32)26-27(28)11-12-30(15-17-1-2-17)22(28)14-18-5-8-20(31)25(34-26)24(18)27/h3-8,17,22,26,31H,1-2,9-15H2/t22?,26-,27-,28+/m0/s1. The minimum absolute atomic E-state index is 0.0202. The van der Waals surface area contributed by atoms with Crippen LogP contribution in [0, 0.1) is 5.92 Å². The molecule has 3 fully saturated rings. The molecule has 2 bridgehead atoms. The van der Waals surface area contributed by atoms with E-state index in [0.29, 0.717) is 36.0 Å². The Labute approximate surface area is 209 Å². The molecular weight excluding hydrogens is 466 g/mol. The molecule has 6 nitrogen and oxygen atoms in total. The molecule has 1 N–H and O–H groups in total. The van der Waals surface area contributed by atoms with E-state index in [9.17, 15) is 14.7 Å². The summed E-state index contributed by atoms with van der Waals surface area (Å²) in [7, 11) is 0. The molecular formula is C28H28ClNO5. The van der Waals surface area contributed by atoms with Crippen LogP contribution >= 0.6 is 11.6 Å². The zero-order valence-corrected chi connectivity index (χ0v) is 20.2. The van der Waals surface area contributed by atoms with E-state index in [-0.39, 0.29) is 30.0 Å². The molecule has 2 heterocycles. The Morgan fingerprint density at radius 2 is 1.97 bits per heavy atom. The number of carbonyl (C=O) groups excluding carboxylic acids is 2. The van der Waals surface area contributed by atoms with Crippen LogP contribution in [0.1, 0.15) is 48.8 Å². The molecule has 2 saturated carbocycles. The third-order valence-corrected chi connectivity index (χ3v) is 9.33. The van der Waals surface area contributed by atoms with Crippen molar-refractivity contribution in [2.45, 2.75) is 68.1 Å². The molecule has 4 atom stereocenters. The lowest BCUT2D eigenvalue weighted by Crippen LogP contribution is -2.77. The second-order valence-electron chi connectivity index (χ2n) is 11.0. The zero-order chi connectivity index (χ0) is 23.9. The highest BCUT2D eigenvalue weighted by atomic mass is 35.5. The van der Waals surface area contributed by atoms with Gasteiger partial charge in [0.2, 0.25) is 0 Å². The monoisotopic (exact) mass is 493 g/mol. The van der Waals surface area contributed by atoms with Gasteiger partial charge in [-0.25, -0.2) is 0 Å². The number of rotatable bonds is 5. The Balaban J connectivity index is 1.35.